The lowest BCUT2D eigenvalue weighted by Gasteiger charge is -2.25. The number of fused-ring (bicyclic) bond motifs is 1. The fourth-order valence-electron chi connectivity index (χ4n) is 4.28. The molecule has 1 N–H and O–H groups in total. The average Bonchev–Trinajstić information content (AvgIpc) is 3.15. The molecule has 1 amide bonds. The van der Waals surface area contributed by atoms with Gasteiger partial charge in [-0.05, 0) is 75.0 Å². The molecule has 1 saturated heterocycles. The SMILES string of the molecule is C[C@@H]1CCCN1CCCOc1ccc2c(c1)CC(c1ncccc1C#N)C(=O)N2. The number of likely N-dealkylation sites (tertiary alicyclic amines) is 1. The summed E-state index contributed by atoms with van der Waals surface area (Å²) in [5.74, 6) is 0.223. The van der Waals surface area contributed by atoms with Gasteiger partial charge < -0.3 is 15.0 Å². The van der Waals surface area contributed by atoms with E-state index in [1.165, 1.54) is 19.4 Å². The molecule has 2 aromatic rings. The lowest BCUT2D eigenvalue weighted by atomic mass is 9.88. The van der Waals surface area contributed by atoms with Crippen LogP contribution in [0.5, 0.6) is 5.75 Å². The average molecular weight is 390 g/mol. The van der Waals surface area contributed by atoms with Gasteiger partial charge in [0.1, 0.15) is 11.8 Å². The summed E-state index contributed by atoms with van der Waals surface area (Å²) in [5.41, 5.74) is 2.79. The fourth-order valence-corrected chi connectivity index (χ4v) is 4.28. The first-order valence-electron chi connectivity index (χ1n) is 10.3. The molecule has 6 heteroatoms. The zero-order chi connectivity index (χ0) is 20.2. The largest absolute Gasteiger partial charge is 0.494 e. The van der Waals surface area contributed by atoms with E-state index >= 15 is 0 Å². The second-order valence-corrected chi connectivity index (χ2v) is 7.84. The number of hydrogen-bond acceptors (Lipinski definition) is 5. The molecule has 2 aliphatic rings. The van der Waals surface area contributed by atoms with Crippen LogP contribution in [0.25, 0.3) is 0 Å². The maximum atomic E-state index is 12.6. The second-order valence-electron chi connectivity index (χ2n) is 7.84. The predicted octanol–water partition coefficient (Wildman–Crippen LogP) is 3.48. The van der Waals surface area contributed by atoms with Crippen LogP contribution in [0.4, 0.5) is 5.69 Å². The predicted molar refractivity (Wildman–Crippen MR) is 111 cm³/mol. The summed E-state index contributed by atoms with van der Waals surface area (Å²) in [6.07, 6.45) is 5.72. The van der Waals surface area contributed by atoms with E-state index < -0.39 is 5.92 Å². The van der Waals surface area contributed by atoms with Gasteiger partial charge in [0.15, 0.2) is 0 Å². The van der Waals surface area contributed by atoms with E-state index in [1.54, 1.807) is 18.3 Å². The van der Waals surface area contributed by atoms with E-state index in [-0.39, 0.29) is 5.91 Å². The molecule has 2 aliphatic heterocycles. The number of carbonyl (C=O) groups is 1. The van der Waals surface area contributed by atoms with Crippen molar-refractivity contribution in [3.63, 3.8) is 0 Å². The summed E-state index contributed by atoms with van der Waals surface area (Å²) < 4.78 is 5.97. The second kappa shape index (κ2) is 8.62. The van der Waals surface area contributed by atoms with Crippen LogP contribution in [0.3, 0.4) is 0 Å². The minimum absolute atomic E-state index is 0.124. The zero-order valence-corrected chi connectivity index (χ0v) is 16.7. The number of amides is 1. The standard InChI is InChI=1S/C23H26N4O2/c1-16-5-3-10-27(16)11-4-12-29-19-7-8-21-18(13-19)14-20(23(28)26-21)22-17(15-24)6-2-9-25-22/h2,6-9,13,16,20H,3-5,10-12,14H2,1H3,(H,26,28)/t16-,20?/m1/s1. The Labute approximate surface area is 171 Å². The van der Waals surface area contributed by atoms with Crippen molar-refractivity contribution < 1.29 is 9.53 Å². The topological polar surface area (TPSA) is 78.2 Å². The Kier molecular flexibility index (Phi) is 5.77. The Morgan fingerprint density at radius 1 is 1.38 bits per heavy atom. The highest BCUT2D eigenvalue weighted by Gasteiger charge is 2.30. The number of carbonyl (C=O) groups excluding carboxylic acids is 1. The maximum absolute atomic E-state index is 12.6. The van der Waals surface area contributed by atoms with Crippen molar-refractivity contribution in [3.05, 3.63) is 53.3 Å². The highest BCUT2D eigenvalue weighted by molar-refractivity contribution is 5.99. The Morgan fingerprint density at radius 2 is 2.28 bits per heavy atom. The first-order chi connectivity index (χ1) is 14.2. The molecular weight excluding hydrogens is 364 g/mol. The monoisotopic (exact) mass is 390 g/mol. The summed E-state index contributed by atoms with van der Waals surface area (Å²) in [6.45, 7) is 5.23. The maximum Gasteiger partial charge on any atom is 0.233 e. The summed E-state index contributed by atoms with van der Waals surface area (Å²) >= 11 is 0. The Morgan fingerprint density at radius 3 is 3.07 bits per heavy atom. The van der Waals surface area contributed by atoms with E-state index in [0.29, 0.717) is 30.3 Å². The van der Waals surface area contributed by atoms with E-state index in [2.05, 4.69) is 28.2 Å². The van der Waals surface area contributed by atoms with Crippen LogP contribution in [-0.2, 0) is 11.2 Å². The van der Waals surface area contributed by atoms with Gasteiger partial charge in [0.25, 0.3) is 0 Å². The summed E-state index contributed by atoms with van der Waals surface area (Å²) in [6, 6.07) is 12.0. The van der Waals surface area contributed by atoms with Gasteiger partial charge in [0.2, 0.25) is 5.91 Å². The van der Waals surface area contributed by atoms with Gasteiger partial charge in [-0.2, -0.15) is 5.26 Å². The number of aromatic nitrogens is 1. The molecule has 1 unspecified atom stereocenters. The number of nitrogens with zero attached hydrogens (tertiary/aromatic N) is 3. The summed E-state index contributed by atoms with van der Waals surface area (Å²) in [5, 5.41) is 12.3. The minimum atomic E-state index is -0.467. The molecule has 0 bridgehead atoms. The van der Waals surface area contributed by atoms with Crippen molar-refractivity contribution in [3.8, 4) is 11.8 Å². The van der Waals surface area contributed by atoms with Gasteiger partial charge in [-0.25, -0.2) is 0 Å². The molecule has 0 saturated carbocycles. The quantitative estimate of drug-likeness (QED) is 0.764. The van der Waals surface area contributed by atoms with Crippen molar-refractivity contribution in [2.24, 2.45) is 0 Å². The molecule has 1 aromatic heterocycles. The molecule has 3 heterocycles. The minimum Gasteiger partial charge on any atom is -0.494 e. The van der Waals surface area contributed by atoms with E-state index in [1.807, 2.05) is 18.2 Å². The number of nitrogens with one attached hydrogen (secondary N) is 1. The highest BCUT2D eigenvalue weighted by atomic mass is 16.5. The van der Waals surface area contributed by atoms with Gasteiger partial charge in [-0.3, -0.25) is 9.78 Å². The number of nitriles is 1. The van der Waals surface area contributed by atoms with Crippen LogP contribution < -0.4 is 10.1 Å². The van der Waals surface area contributed by atoms with Crippen LogP contribution in [0, 0.1) is 11.3 Å². The Balaban J connectivity index is 1.41. The Bertz CT molecular complexity index is 937. The van der Waals surface area contributed by atoms with Gasteiger partial charge in [-0.15, -0.1) is 0 Å². The Hall–Kier alpha value is -2.91. The third-order valence-corrected chi connectivity index (χ3v) is 5.91. The van der Waals surface area contributed by atoms with Crippen molar-refractivity contribution >= 4 is 11.6 Å². The van der Waals surface area contributed by atoms with Gasteiger partial charge in [0.05, 0.1) is 23.8 Å². The fraction of sp³-hybridized carbons (Fsp3) is 0.435. The first-order valence-corrected chi connectivity index (χ1v) is 10.3. The van der Waals surface area contributed by atoms with Crippen molar-refractivity contribution in [1.29, 1.82) is 5.26 Å². The summed E-state index contributed by atoms with van der Waals surface area (Å²) in [7, 11) is 0. The van der Waals surface area contributed by atoms with E-state index in [9.17, 15) is 10.1 Å². The molecule has 1 fully saturated rings. The van der Waals surface area contributed by atoms with Crippen molar-refractivity contribution in [2.45, 2.75) is 44.6 Å². The molecule has 0 radical (unpaired) electrons. The normalized spacial score (nSPS) is 21.3. The zero-order valence-electron chi connectivity index (χ0n) is 16.7. The van der Waals surface area contributed by atoms with E-state index in [4.69, 9.17) is 4.74 Å². The highest BCUT2D eigenvalue weighted by Crippen LogP contribution is 2.34. The van der Waals surface area contributed by atoms with Gasteiger partial charge in [0, 0.05) is 24.5 Å². The molecule has 2 atom stereocenters. The van der Waals surface area contributed by atoms with Crippen LogP contribution in [0.15, 0.2) is 36.5 Å². The number of anilines is 1. The third kappa shape index (κ3) is 4.25. The molecule has 0 aliphatic carbocycles. The molecule has 4 rings (SSSR count). The molecule has 6 nitrogen and oxygen atoms in total. The van der Waals surface area contributed by atoms with Gasteiger partial charge >= 0.3 is 0 Å². The first kappa shape index (κ1) is 19.4. The van der Waals surface area contributed by atoms with Crippen LogP contribution in [0.1, 0.15) is 48.9 Å². The number of rotatable bonds is 6. The number of benzene rings is 1. The van der Waals surface area contributed by atoms with Crippen LogP contribution in [-0.4, -0.2) is 41.5 Å². The van der Waals surface area contributed by atoms with E-state index in [0.717, 1.165) is 30.0 Å². The lowest BCUT2D eigenvalue weighted by Crippen LogP contribution is -2.29. The molecule has 150 valence electrons. The molecular formula is C23H26N4O2. The third-order valence-electron chi connectivity index (χ3n) is 5.91. The van der Waals surface area contributed by atoms with Crippen LogP contribution >= 0.6 is 0 Å². The molecule has 0 spiro atoms. The number of pyridine rings is 1. The molecule has 29 heavy (non-hydrogen) atoms. The number of ether oxygens (including phenoxy) is 1. The number of hydrogen-bond donors (Lipinski definition) is 1. The smallest absolute Gasteiger partial charge is 0.233 e. The van der Waals surface area contributed by atoms with Crippen molar-refractivity contribution in [1.82, 2.24) is 9.88 Å². The summed E-state index contributed by atoms with van der Waals surface area (Å²) in [4.78, 5) is 19.4. The van der Waals surface area contributed by atoms with Gasteiger partial charge in [-0.1, -0.05) is 0 Å². The van der Waals surface area contributed by atoms with Crippen LogP contribution in [0.2, 0.25) is 0 Å². The molecule has 1 aromatic carbocycles. The lowest BCUT2D eigenvalue weighted by molar-refractivity contribution is -0.117. The van der Waals surface area contributed by atoms with Crippen molar-refractivity contribution in [2.75, 3.05) is 25.0 Å².